The average molecular weight is 239 g/mol. The first-order chi connectivity index (χ1) is 7.04. The van der Waals surface area contributed by atoms with Crippen LogP contribution in [0.4, 0.5) is 5.69 Å². The fourth-order valence-electron chi connectivity index (χ4n) is 1.99. The molecule has 3 heteroatoms. The Labute approximate surface area is 101 Å². The maximum atomic E-state index is 4.34. The van der Waals surface area contributed by atoms with Crippen molar-refractivity contribution in [2.75, 3.05) is 18.5 Å². The molecule has 1 heterocycles. The number of hydrogen-bond donors (Lipinski definition) is 1. The highest BCUT2D eigenvalue weighted by atomic mass is 33.1. The van der Waals surface area contributed by atoms with E-state index in [4.69, 9.17) is 0 Å². The number of nitrogens with zero attached hydrogens (tertiary/aromatic N) is 1. The molecule has 1 aliphatic heterocycles. The predicted molar refractivity (Wildman–Crippen MR) is 73.0 cm³/mol. The third kappa shape index (κ3) is 2.00. The molecule has 0 aliphatic carbocycles. The van der Waals surface area contributed by atoms with E-state index in [0.717, 1.165) is 6.54 Å². The minimum Gasteiger partial charge on any atom is -0.374 e. The van der Waals surface area contributed by atoms with Gasteiger partial charge in [0.1, 0.15) is 0 Å². The number of likely N-dealkylation sites (N-methyl/N-ethyl adjacent to an activating group) is 1. The number of fused-ring (bicyclic) bond motifs is 1. The summed E-state index contributed by atoms with van der Waals surface area (Å²) in [6, 6.07) is 6.80. The molecule has 2 rings (SSSR count). The molecule has 1 aromatic carbocycles. The average Bonchev–Trinajstić information content (AvgIpc) is 2.60. The molecule has 0 saturated heterocycles. The van der Waals surface area contributed by atoms with E-state index in [9.17, 15) is 0 Å². The molecule has 0 spiro atoms. The van der Waals surface area contributed by atoms with Crippen LogP contribution in [-0.2, 0) is 11.2 Å². The maximum Gasteiger partial charge on any atom is 0.0453 e. The van der Waals surface area contributed by atoms with Crippen molar-refractivity contribution in [2.45, 2.75) is 25.0 Å². The minimum absolute atomic E-state index is 0.0965. The third-order valence-electron chi connectivity index (χ3n) is 3.13. The Morgan fingerprint density at radius 2 is 2.13 bits per heavy atom. The molecule has 0 bridgehead atoms. The van der Waals surface area contributed by atoms with Gasteiger partial charge in [-0.3, -0.25) is 0 Å². The maximum absolute atomic E-state index is 4.34. The largest absolute Gasteiger partial charge is 0.374 e. The molecule has 0 saturated carbocycles. The highest BCUT2D eigenvalue weighted by Gasteiger charge is 2.23. The predicted octanol–water partition coefficient (Wildman–Crippen LogP) is 3.49. The van der Waals surface area contributed by atoms with Gasteiger partial charge < -0.3 is 4.90 Å². The molecular formula is C12H17NS2. The summed E-state index contributed by atoms with van der Waals surface area (Å²) in [5.41, 5.74) is 4.24. The summed E-state index contributed by atoms with van der Waals surface area (Å²) in [5, 5.41) is 0. The second-order valence-corrected chi connectivity index (χ2v) is 6.37. The smallest absolute Gasteiger partial charge is 0.0453 e. The fourth-order valence-corrected chi connectivity index (χ4v) is 2.54. The second kappa shape index (κ2) is 3.95. The molecule has 0 aromatic heterocycles. The third-order valence-corrected chi connectivity index (χ3v) is 5.19. The van der Waals surface area contributed by atoms with Gasteiger partial charge in [0.15, 0.2) is 0 Å². The summed E-state index contributed by atoms with van der Waals surface area (Å²) in [7, 11) is 3.76. The van der Waals surface area contributed by atoms with Crippen molar-refractivity contribution in [1.29, 1.82) is 0 Å². The van der Waals surface area contributed by atoms with Gasteiger partial charge in [0.2, 0.25) is 0 Å². The van der Waals surface area contributed by atoms with E-state index in [-0.39, 0.29) is 4.75 Å². The summed E-state index contributed by atoms with van der Waals surface area (Å²) >= 11 is 4.34. The molecule has 15 heavy (non-hydrogen) atoms. The number of benzene rings is 1. The van der Waals surface area contributed by atoms with Crippen LogP contribution in [0.25, 0.3) is 0 Å². The first-order valence-electron chi connectivity index (χ1n) is 5.22. The normalized spacial score (nSPS) is 15.6. The van der Waals surface area contributed by atoms with Crippen molar-refractivity contribution in [3.05, 3.63) is 29.3 Å². The molecule has 1 aromatic rings. The van der Waals surface area contributed by atoms with Crippen LogP contribution in [0.2, 0.25) is 0 Å². The van der Waals surface area contributed by atoms with Gasteiger partial charge in [0.05, 0.1) is 0 Å². The van der Waals surface area contributed by atoms with E-state index in [1.54, 1.807) is 10.8 Å². The molecule has 1 nitrogen and oxygen atoms in total. The van der Waals surface area contributed by atoms with Gasteiger partial charge in [0.25, 0.3) is 0 Å². The van der Waals surface area contributed by atoms with Gasteiger partial charge in [-0.05, 0) is 37.5 Å². The Kier molecular flexibility index (Phi) is 2.95. The van der Waals surface area contributed by atoms with Crippen molar-refractivity contribution in [3.8, 4) is 0 Å². The summed E-state index contributed by atoms with van der Waals surface area (Å²) < 4.78 is 0.0965. The van der Waals surface area contributed by atoms with Crippen LogP contribution < -0.4 is 4.90 Å². The van der Waals surface area contributed by atoms with E-state index in [1.807, 2.05) is 0 Å². The fraction of sp³-hybridized carbons (Fsp3) is 0.500. The molecular weight excluding hydrogens is 222 g/mol. The quantitative estimate of drug-likeness (QED) is 0.621. The minimum atomic E-state index is 0.0965. The van der Waals surface area contributed by atoms with E-state index in [2.05, 4.69) is 55.7 Å². The number of rotatable bonds is 2. The van der Waals surface area contributed by atoms with E-state index in [0.29, 0.717) is 0 Å². The molecule has 82 valence electrons. The van der Waals surface area contributed by atoms with Crippen LogP contribution in [0.1, 0.15) is 25.0 Å². The van der Waals surface area contributed by atoms with Crippen LogP contribution >= 0.6 is 22.5 Å². The lowest BCUT2D eigenvalue weighted by molar-refractivity contribution is 0.788. The first kappa shape index (κ1) is 11.2. The summed E-state index contributed by atoms with van der Waals surface area (Å²) in [5.74, 6) is 0. The summed E-state index contributed by atoms with van der Waals surface area (Å²) in [4.78, 5) is 2.32. The highest BCUT2D eigenvalue weighted by Crippen LogP contribution is 2.40. The molecule has 0 amide bonds. The zero-order valence-corrected chi connectivity index (χ0v) is 11.2. The van der Waals surface area contributed by atoms with E-state index >= 15 is 0 Å². The zero-order valence-electron chi connectivity index (χ0n) is 9.45. The van der Waals surface area contributed by atoms with Gasteiger partial charge in [-0.2, -0.15) is 0 Å². The van der Waals surface area contributed by atoms with Gasteiger partial charge in [-0.1, -0.05) is 22.9 Å². The van der Waals surface area contributed by atoms with Crippen LogP contribution in [0.5, 0.6) is 0 Å². The number of hydrogen-bond acceptors (Lipinski definition) is 3. The molecule has 0 fully saturated rings. The van der Waals surface area contributed by atoms with Gasteiger partial charge in [0, 0.05) is 24.0 Å². The lowest BCUT2D eigenvalue weighted by atomic mass is 9.99. The Hall–Kier alpha value is -0.280. The van der Waals surface area contributed by atoms with Gasteiger partial charge in [-0.25, -0.2) is 0 Å². The molecule has 0 radical (unpaired) electrons. The van der Waals surface area contributed by atoms with E-state index < -0.39 is 0 Å². The van der Waals surface area contributed by atoms with Crippen LogP contribution in [0.15, 0.2) is 18.2 Å². The Bertz CT molecular complexity index is 374. The number of thiol groups is 1. The van der Waals surface area contributed by atoms with Crippen molar-refractivity contribution >= 4 is 28.1 Å². The Morgan fingerprint density at radius 1 is 1.40 bits per heavy atom. The lowest BCUT2D eigenvalue weighted by Crippen LogP contribution is -2.13. The van der Waals surface area contributed by atoms with E-state index in [1.165, 1.54) is 23.2 Å². The molecule has 0 unspecified atom stereocenters. The topological polar surface area (TPSA) is 3.24 Å². The van der Waals surface area contributed by atoms with Crippen LogP contribution in [0.3, 0.4) is 0 Å². The number of anilines is 1. The standard InChI is InChI=1S/C12H17NS2/c1-12(2,15-14)10-4-5-11-9(8-10)6-7-13(11)3/h4-5,8,14H,6-7H2,1-3H3. The summed E-state index contributed by atoms with van der Waals surface area (Å²) in [6.45, 7) is 5.57. The molecule has 0 atom stereocenters. The molecule has 0 N–H and O–H groups in total. The van der Waals surface area contributed by atoms with Crippen molar-refractivity contribution < 1.29 is 0 Å². The van der Waals surface area contributed by atoms with Crippen LogP contribution in [-0.4, -0.2) is 13.6 Å². The lowest BCUT2D eigenvalue weighted by Gasteiger charge is -2.22. The highest BCUT2D eigenvalue weighted by molar-refractivity contribution is 8.68. The van der Waals surface area contributed by atoms with Crippen LogP contribution in [0, 0.1) is 0 Å². The van der Waals surface area contributed by atoms with Gasteiger partial charge >= 0.3 is 0 Å². The first-order valence-corrected chi connectivity index (χ1v) is 7.08. The summed E-state index contributed by atoms with van der Waals surface area (Å²) in [6.07, 6.45) is 1.17. The Balaban J connectivity index is 2.39. The van der Waals surface area contributed by atoms with Crippen molar-refractivity contribution in [3.63, 3.8) is 0 Å². The monoisotopic (exact) mass is 239 g/mol. The van der Waals surface area contributed by atoms with Crippen molar-refractivity contribution in [1.82, 2.24) is 0 Å². The van der Waals surface area contributed by atoms with Crippen molar-refractivity contribution in [2.24, 2.45) is 0 Å². The Morgan fingerprint density at radius 3 is 2.80 bits per heavy atom. The zero-order chi connectivity index (χ0) is 11.1. The van der Waals surface area contributed by atoms with Gasteiger partial charge in [-0.15, -0.1) is 11.7 Å². The molecule has 1 aliphatic rings. The SMILES string of the molecule is CN1CCc2cc(C(C)(C)SS)ccc21. The second-order valence-electron chi connectivity index (χ2n) is 4.62.